The number of hydrogen-bond acceptors (Lipinski definition) is 6. The average molecular weight is 570 g/mol. The van der Waals surface area contributed by atoms with E-state index < -0.39 is 17.1 Å². The van der Waals surface area contributed by atoms with Gasteiger partial charge in [-0.05, 0) is 73.4 Å². The van der Waals surface area contributed by atoms with Gasteiger partial charge in [0.25, 0.3) is 5.91 Å². The number of aromatic carboxylic acids is 1. The van der Waals surface area contributed by atoms with Crippen molar-refractivity contribution in [1.29, 1.82) is 5.26 Å². The maximum atomic E-state index is 13.2. The molecule has 2 atom stereocenters. The summed E-state index contributed by atoms with van der Waals surface area (Å²) >= 11 is 2.85. The van der Waals surface area contributed by atoms with Gasteiger partial charge in [-0.3, -0.25) is 9.59 Å². The van der Waals surface area contributed by atoms with Crippen molar-refractivity contribution < 1.29 is 19.5 Å². The van der Waals surface area contributed by atoms with E-state index in [0.717, 1.165) is 29.7 Å². The molecule has 3 aromatic carbocycles. The van der Waals surface area contributed by atoms with Gasteiger partial charge >= 0.3 is 5.97 Å². The maximum absolute atomic E-state index is 13.2. The summed E-state index contributed by atoms with van der Waals surface area (Å²) in [6, 6.07) is 19.5. The fourth-order valence-electron chi connectivity index (χ4n) is 4.98. The highest BCUT2D eigenvalue weighted by molar-refractivity contribution is 8.00. The Labute approximate surface area is 240 Å². The number of carbonyl (C=O) groups excluding carboxylic acids is 2. The summed E-state index contributed by atoms with van der Waals surface area (Å²) in [4.78, 5) is 40.0. The molecule has 0 aliphatic heterocycles. The van der Waals surface area contributed by atoms with Crippen molar-refractivity contribution in [3.05, 3.63) is 87.8 Å². The third-order valence-corrected chi connectivity index (χ3v) is 9.28. The van der Waals surface area contributed by atoms with E-state index in [4.69, 9.17) is 0 Å². The van der Waals surface area contributed by atoms with E-state index in [-0.39, 0.29) is 17.0 Å². The van der Waals surface area contributed by atoms with Crippen LogP contribution in [-0.2, 0) is 17.6 Å². The number of fused-ring (bicyclic) bond motifs is 2. The monoisotopic (exact) mass is 569 g/mol. The minimum atomic E-state index is -1.10. The van der Waals surface area contributed by atoms with Crippen LogP contribution in [0, 0.1) is 17.2 Å². The molecular formula is C31H27N3O4S2. The first-order chi connectivity index (χ1) is 19.2. The van der Waals surface area contributed by atoms with Crippen LogP contribution in [0.15, 0.2) is 65.6 Å². The Bertz CT molecular complexity index is 1680. The first kappa shape index (κ1) is 27.4. The second kappa shape index (κ2) is 11.5. The van der Waals surface area contributed by atoms with E-state index in [1.54, 1.807) is 55.5 Å². The van der Waals surface area contributed by atoms with E-state index >= 15 is 0 Å². The lowest BCUT2D eigenvalue weighted by molar-refractivity contribution is -0.115. The van der Waals surface area contributed by atoms with Gasteiger partial charge in [0.05, 0.1) is 16.4 Å². The molecule has 2 amide bonds. The summed E-state index contributed by atoms with van der Waals surface area (Å²) in [7, 11) is 0. The zero-order chi connectivity index (χ0) is 28.4. The third kappa shape index (κ3) is 5.60. The van der Waals surface area contributed by atoms with Gasteiger partial charge in [-0.2, -0.15) is 5.26 Å². The number of carbonyl (C=O) groups is 3. The molecule has 0 spiro atoms. The zero-order valence-electron chi connectivity index (χ0n) is 22.0. The van der Waals surface area contributed by atoms with Crippen molar-refractivity contribution in [1.82, 2.24) is 0 Å². The first-order valence-corrected chi connectivity index (χ1v) is 14.6. The number of amides is 2. The van der Waals surface area contributed by atoms with Gasteiger partial charge in [0.1, 0.15) is 11.1 Å². The molecule has 1 aromatic heterocycles. The lowest BCUT2D eigenvalue weighted by atomic mass is 9.89. The second-order valence-electron chi connectivity index (χ2n) is 9.91. The van der Waals surface area contributed by atoms with Crippen molar-refractivity contribution in [2.75, 3.05) is 10.6 Å². The van der Waals surface area contributed by atoms with Gasteiger partial charge in [-0.1, -0.05) is 37.3 Å². The molecule has 3 N–H and O–H groups in total. The van der Waals surface area contributed by atoms with Gasteiger partial charge in [-0.25, -0.2) is 4.79 Å². The van der Waals surface area contributed by atoms with Gasteiger partial charge in [0.15, 0.2) is 0 Å². The van der Waals surface area contributed by atoms with Crippen molar-refractivity contribution >= 4 is 62.3 Å². The van der Waals surface area contributed by atoms with E-state index in [9.17, 15) is 24.8 Å². The van der Waals surface area contributed by atoms with E-state index in [1.807, 2.05) is 6.07 Å². The number of carboxylic acid groups (broad SMARTS) is 1. The normalized spacial score (nSPS) is 15.1. The SMILES string of the molecule is CC1CCc2c(sc(NC(=O)C(C)Sc3cccc(NC(=O)c4cccc5cccc(C(=O)O)c45)c3)c2C#N)C1. The number of thiophene rings is 1. The molecule has 202 valence electrons. The molecule has 9 heteroatoms. The maximum Gasteiger partial charge on any atom is 0.336 e. The molecule has 0 fully saturated rings. The Morgan fingerprint density at radius 2 is 1.80 bits per heavy atom. The van der Waals surface area contributed by atoms with Crippen LogP contribution in [0.3, 0.4) is 0 Å². The molecule has 4 aromatic rings. The Hall–Kier alpha value is -4.13. The summed E-state index contributed by atoms with van der Waals surface area (Å²) in [5.41, 5.74) is 2.52. The number of benzene rings is 3. The molecule has 2 unspecified atom stereocenters. The summed E-state index contributed by atoms with van der Waals surface area (Å²) in [6.45, 7) is 4.01. The van der Waals surface area contributed by atoms with Crippen molar-refractivity contribution in [2.24, 2.45) is 5.92 Å². The highest BCUT2D eigenvalue weighted by Gasteiger charge is 2.26. The van der Waals surface area contributed by atoms with Crippen LogP contribution in [0.25, 0.3) is 10.8 Å². The third-order valence-electron chi connectivity index (χ3n) is 7.01. The largest absolute Gasteiger partial charge is 0.478 e. The molecule has 40 heavy (non-hydrogen) atoms. The van der Waals surface area contributed by atoms with Crippen LogP contribution < -0.4 is 10.6 Å². The number of thioether (sulfide) groups is 1. The molecule has 0 saturated heterocycles. The topological polar surface area (TPSA) is 119 Å². The highest BCUT2D eigenvalue weighted by Crippen LogP contribution is 2.39. The molecule has 0 radical (unpaired) electrons. The Kier molecular flexibility index (Phi) is 7.92. The summed E-state index contributed by atoms with van der Waals surface area (Å²) in [5, 5.41) is 26.4. The summed E-state index contributed by atoms with van der Waals surface area (Å²) in [6.07, 6.45) is 2.85. The van der Waals surface area contributed by atoms with Crippen LogP contribution in [0.4, 0.5) is 10.7 Å². The molecule has 1 heterocycles. The highest BCUT2D eigenvalue weighted by atomic mass is 32.2. The molecule has 7 nitrogen and oxygen atoms in total. The van der Waals surface area contributed by atoms with Crippen molar-refractivity contribution in [3.8, 4) is 6.07 Å². The minimum absolute atomic E-state index is 0.0630. The number of nitrogens with zero attached hydrogens (tertiary/aromatic N) is 1. The van der Waals surface area contributed by atoms with Crippen molar-refractivity contribution in [3.63, 3.8) is 0 Å². The van der Waals surface area contributed by atoms with Gasteiger partial charge in [-0.15, -0.1) is 23.1 Å². The predicted molar refractivity (Wildman–Crippen MR) is 159 cm³/mol. The fraction of sp³-hybridized carbons (Fsp3) is 0.226. The summed E-state index contributed by atoms with van der Waals surface area (Å²) < 4.78 is 0. The number of nitrogens with one attached hydrogen (secondary N) is 2. The Morgan fingerprint density at radius 3 is 2.52 bits per heavy atom. The number of nitriles is 1. The van der Waals surface area contributed by atoms with Gasteiger partial charge in [0, 0.05) is 26.4 Å². The molecule has 5 rings (SSSR count). The Morgan fingerprint density at radius 1 is 1.07 bits per heavy atom. The van der Waals surface area contributed by atoms with E-state index in [2.05, 4.69) is 23.6 Å². The lowest BCUT2D eigenvalue weighted by Gasteiger charge is -2.17. The van der Waals surface area contributed by atoms with E-state index in [0.29, 0.717) is 32.9 Å². The second-order valence-corrected chi connectivity index (χ2v) is 12.4. The quantitative estimate of drug-likeness (QED) is 0.207. The summed E-state index contributed by atoms with van der Waals surface area (Å²) in [5.74, 6) is -1.15. The standard InChI is InChI=1S/C31H27N3O4S2/c1-17-12-13-22-25(16-32)30(40-26(22)14-17)34-28(35)18(2)39-21-9-5-8-20(15-21)33-29(36)23-10-3-6-19-7-4-11-24(27(19)23)31(37)38/h3-11,15,17-18H,12-14H2,1-2H3,(H,33,36)(H,34,35)(H,37,38). The van der Waals surface area contributed by atoms with Gasteiger partial charge in [0.2, 0.25) is 5.91 Å². The molecule has 1 aliphatic carbocycles. The van der Waals surface area contributed by atoms with Gasteiger partial charge < -0.3 is 15.7 Å². The smallest absolute Gasteiger partial charge is 0.336 e. The fourth-order valence-corrected chi connectivity index (χ4v) is 7.27. The number of rotatable bonds is 7. The number of hydrogen-bond donors (Lipinski definition) is 3. The zero-order valence-corrected chi connectivity index (χ0v) is 23.6. The molecule has 1 aliphatic rings. The number of anilines is 2. The van der Waals surface area contributed by atoms with Crippen LogP contribution >= 0.6 is 23.1 Å². The predicted octanol–water partition coefficient (Wildman–Crippen LogP) is 6.97. The lowest BCUT2D eigenvalue weighted by Crippen LogP contribution is -2.22. The molecule has 0 bridgehead atoms. The molecular weight excluding hydrogens is 542 g/mol. The average Bonchev–Trinajstić information content (AvgIpc) is 3.28. The first-order valence-electron chi connectivity index (χ1n) is 12.9. The Balaban J connectivity index is 1.30. The van der Waals surface area contributed by atoms with Crippen molar-refractivity contribution in [2.45, 2.75) is 43.3 Å². The van der Waals surface area contributed by atoms with E-state index in [1.165, 1.54) is 34.0 Å². The number of carboxylic acids is 1. The molecule has 0 saturated carbocycles. The minimum Gasteiger partial charge on any atom is -0.478 e. The van der Waals surface area contributed by atoms with Crippen LogP contribution in [0.5, 0.6) is 0 Å². The van der Waals surface area contributed by atoms with Crippen LogP contribution in [-0.4, -0.2) is 28.1 Å². The van der Waals surface area contributed by atoms with Crippen LogP contribution in [0.2, 0.25) is 0 Å². The van der Waals surface area contributed by atoms with Crippen LogP contribution in [0.1, 0.15) is 57.0 Å².